The predicted molar refractivity (Wildman–Crippen MR) is 100 cm³/mol. The molecular formula is C21H25NO4. The van der Waals surface area contributed by atoms with E-state index < -0.39 is 12.0 Å². The number of methoxy groups -OCH3 is 1. The lowest BCUT2D eigenvalue weighted by molar-refractivity contribution is -0.149. The number of amides is 1. The van der Waals surface area contributed by atoms with Crippen LogP contribution in [0.2, 0.25) is 0 Å². The van der Waals surface area contributed by atoms with Crippen LogP contribution < -0.4 is 4.74 Å². The highest BCUT2D eigenvalue weighted by molar-refractivity contribution is 5.84. The lowest BCUT2D eigenvalue weighted by Gasteiger charge is -2.26. The average Bonchev–Trinajstić information content (AvgIpc) is 2.66. The van der Waals surface area contributed by atoms with E-state index in [4.69, 9.17) is 4.74 Å². The Hall–Kier alpha value is -2.82. The molecule has 138 valence electrons. The van der Waals surface area contributed by atoms with Crippen LogP contribution in [0.1, 0.15) is 30.4 Å². The van der Waals surface area contributed by atoms with Crippen LogP contribution in [0.4, 0.5) is 0 Å². The Morgan fingerprint density at radius 1 is 1.12 bits per heavy atom. The van der Waals surface area contributed by atoms with E-state index in [1.807, 2.05) is 61.5 Å². The second kappa shape index (κ2) is 9.04. The number of carboxylic acid groups (broad SMARTS) is 1. The molecule has 0 aliphatic carbocycles. The summed E-state index contributed by atoms with van der Waals surface area (Å²) in [5.74, 6) is -0.490. The monoisotopic (exact) mass is 355 g/mol. The fourth-order valence-electron chi connectivity index (χ4n) is 2.87. The van der Waals surface area contributed by atoms with Crippen LogP contribution in [0, 0.1) is 0 Å². The van der Waals surface area contributed by atoms with Gasteiger partial charge in [-0.3, -0.25) is 4.79 Å². The lowest BCUT2D eigenvalue weighted by Crippen LogP contribution is -2.44. The zero-order valence-corrected chi connectivity index (χ0v) is 15.4. The lowest BCUT2D eigenvalue weighted by atomic mass is 9.96. The fourth-order valence-corrected chi connectivity index (χ4v) is 2.87. The third-order valence-corrected chi connectivity index (χ3v) is 4.56. The number of benzene rings is 2. The molecule has 0 bridgehead atoms. The van der Waals surface area contributed by atoms with Gasteiger partial charge >= 0.3 is 5.97 Å². The molecule has 1 amide bonds. The van der Waals surface area contributed by atoms with Crippen molar-refractivity contribution in [2.45, 2.75) is 31.7 Å². The molecule has 2 atom stereocenters. The Morgan fingerprint density at radius 2 is 1.81 bits per heavy atom. The highest BCUT2D eigenvalue weighted by Crippen LogP contribution is 2.24. The smallest absolute Gasteiger partial charge is 0.326 e. The van der Waals surface area contributed by atoms with E-state index in [1.54, 1.807) is 14.2 Å². The topological polar surface area (TPSA) is 66.8 Å². The highest BCUT2D eigenvalue weighted by atomic mass is 16.5. The third-order valence-electron chi connectivity index (χ3n) is 4.56. The van der Waals surface area contributed by atoms with Gasteiger partial charge in [-0.15, -0.1) is 0 Å². The minimum absolute atomic E-state index is 0.0359. The number of likely N-dealkylation sites (N-methyl/N-ethyl adjacent to an activating group) is 1. The van der Waals surface area contributed by atoms with Gasteiger partial charge in [0, 0.05) is 19.9 Å². The van der Waals surface area contributed by atoms with Crippen molar-refractivity contribution in [3.05, 3.63) is 65.7 Å². The van der Waals surface area contributed by atoms with Crippen LogP contribution >= 0.6 is 0 Å². The summed E-state index contributed by atoms with van der Waals surface area (Å²) in [5.41, 5.74) is 1.88. The maximum Gasteiger partial charge on any atom is 0.326 e. The number of nitrogens with zero attached hydrogens (tertiary/aromatic N) is 1. The summed E-state index contributed by atoms with van der Waals surface area (Å²) in [7, 11) is 3.16. The number of carbonyl (C=O) groups is 2. The molecule has 0 saturated heterocycles. The molecule has 1 N–H and O–H groups in total. The summed E-state index contributed by atoms with van der Waals surface area (Å²) in [6.07, 6.45) is 0.522. The molecule has 2 rings (SSSR count). The molecule has 26 heavy (non-hydrogen) atoms. The quantitative estimate of drug-likeness (QED) is 0.789. The Balaban J connectivity index is 2.06. The van der Waals surface area contributed by atoms with E-state index in [1.165, 1.54) is 4.90 Å². The molecule has 0 aliphatic rings. The van der Waals surface area contributed by atoms with E-state index in [-0.39, 0.29) is 24.7 Å². The maximum absolute atomic E-state index is 12.6. The Labute approximate surface area is 154 Å². The van der Waals surface area contributed by atoms with Crippen LogP contribution in [0.15, 0.2) is 54.6 Å². The third kappa shape index (κ3) is 5.09. The van der Waals surface area contributed by atoms with E-state index in [0.717, 1.165) is 16.9 Å². The zero-order chi connectivity index (χ0) is 19.1. The SMILES string of the molecule is COc1cccc(C(C)CC(=O)N(C)C(Cc2ccccc2)C(=O)O)c1. The zero-order valence-electron chi connectivity index (χ0n) is 15.4. The molecule has 0 heterocycles. The molecule has 0 aliphatic heterocycles. The first-order chi connectivity index (χ1) is 12.4. The van der Waals surface area contributed by atoms with Crippen LogP contribution in [0.5, 0.6) is 5.75 Å². The summed E-state index contributed by atoms with van der Waals surface area (Å²) in [6, 6.07) is 16.0. The minimum atomic E-state index is -1.00. The van der Waals surface area contributed by atoms with Gasteiger partial charge in [0.05, 0.1) is 7.11 Å². The predicted octanol–water partition coefficient (Wildman–Crippen LogP) is 3.34. The van der Waals surface area contributed by atoms with Crippen molar-refractivity contribution in [2.75, 3.05) is 14.2 Å². The van der Waals surface area contributed by atoms with Gasteiger partial charge in [-0.1, -0.05) is 49.4 Å². The number of carboxylic acids is 1. The molecule has 0 fully saturated rings. The fraction of sp³-hybridized carbons (Fsp3) is 0.333. The van der Waals surface area contributed by atoms with Crippen LogP contribution in [-0.4, -0.2) is 42.1 Å². The van der Waals surface area contributed by atoms with Crippen molar-refractivity contribution >= 4 is 11.9 Å². The van der Waals surface area contributed by atoms with Crippen molar-refractivity contribution in [3.63, 3.8) is 0 Å². The van der Waals surface area contributed by atoms with Gasteiger partial charge in [-0.25, -0.2) is 4.79 Å². The van der Waals surface area contributed by atoms with Crippen LogP contribution in [0.3, 0.4) is 0 Å². The molecular weight excluding hydrogens is 330 g/mol. The normalized spacial score (nSPS) is 12.9. The van der Waals surface area contributed by atoms with Crippen molar-refractivity contribution in [1.82, 2.24) is 4.90 Å². The standard InChI is InChI=1S/C21H25NO4/c1-15(17-10-7-11-18(14-17)26-3)12-20(23)22(2)19(21(24)25)13-16-8-5-4-6-9-16/h4-11,14-15,19H,12-13H2,1-3H3,(H,24,25). The van der Waals surface area contributed by atoms with Crippen LogP contribution in [0.25, 0.3) is 0 Å². The molecule has 2 unspecified atom stereocenters. The van der Waals surface area contributed by atoms with Gasteiger partial charge in [0.2, 0.25) is 5.91 Å². The van der Waals surface area contributed by atoms with E-state index in [9.17, 15) is 14.7 Å². The van der Waals surface area contributed by atoms with Crippen molar-refractivity contribution in [1.29, 1.82) is 0 Å². The summed E-state index contributed by atoms with van der Waals surface area (Å²) in [6.45, 7) is 1.95. The van der Waals surface area contributed by atoms with E-state index in [2.05, 4.69) is 0 Å². The second-order valence-electron chi connectivity index (χ2n) is 6.43. The largest absolute Gasteiger partial charge is 0.497 e. The van der Waals surface area contributed by atoms with Crippen molar-refractivity contribution < 1.29 is 19.4 Å². The van der Waals surface area contributed by atoms with Gasteiger partial charge < -0.3 is 14.7 Å². The number of aliphatic carboxylic acids is 1. The number of hydrogen-bond donors (Lipinski definition) is 1. The second-order valence-corrected chi connectivity index (χ2v) is 6.43. The van der Waals surface area contributed by atoms with Crippen molar-refractivity contribution in [2.24, 2.45) is 0 Å². The molecule has 0 aromatic heterocycles. The molecule has 2 aromatic rings. The summed E-state index contributed by atoms with van der Waals surface area (Å²) >= 11 is 0. The van der Waals surface area contributed by atoms with Crippen molar-refractivity contribution in [3.8, 4) is 5.75 Å². The first-order valence-corrected chi connectivity index (χ1v) is 8.58. The number of rotatable bonds is 8. The van der Waals surface area contributed by atoms with Gasteiger partial charge in [-0.2, -0.15) is 0 Å². The van der Waals surface area contributed by atoms with Gasteiger partial charge in [-0.05, 0) is 29.2 Å². The average molecular weight is 355 g/mol. The number of carbonyl (C=O) groups excluding carboxylic acids is 1. The molecule has 0 saturated carbocycles. The first-order valence-electron chi connectivity index (χ1n) is 8.58. The van der Waals surface area contributed by atoms with E-state index in [0.29, 0.717) is 0 Å². The molecule has 5 nitrogen and oxygen atoms in total. The number of ether oxygens (including phenoxy) is 1. The summed E-state index contributed by atoms with van der Waals surface area (Å²) in [4.78, 5) is 25.7. The highest BCUT2D eigenvalue weighted by Gasteiger charge is 2.27. The van der Waals surface area contributed by atoms with E-state index >= 15 is 0 Å². The first kappa shape index (κ1) is 19.5. The summed E-state index contributed by atoms with van der Waals surface area (Å²) in [5, 5.41) is 9.56. The Kier molecular flexibility index (Phi) is 6.78. The molecule has 0 radical (unpaired) electrons. The Morgan fingerprint density at radius 3 is 2.42 bits per heavy atom. The summed E-state index contributed by atoms with van der Waals surface area (Å²) < 4.78 is 5.22. The number of hydrogen-bond acceptors (Lipinski definition) is 3. The Bertz CT molecular complexity index is 745. The molecule has 0 spiro atoms. The van der Waals surface area contributed by atoms with Gasteiger partial charge in [0.25, 0.3) is 0 Å². The van der Waals surface area contributed by atoms with Gasteiger partial charge in [0.1, 0.15) is 11.8 Å². The molecule has 2 aromatic carbocycles. The minimum Gasteiger partial charge on any atom is -0.497 e. The van der Waals surface area contributed by atoms with Gasteiger partial charge in [0.15, 0.2) is 0 Å². The molecule has 5 heteroatoms. The van der Waals surface area contributed by atoms with Crippen LogP contribution in [-0.2, 0) is 16.0 Å². The maximum atomic E-state index is 12.6.